The van der Waals surface area contributed by atoms with Gasteiger partial charge in [0.1, 0.15) is 12.4 Å². The molecule has 0 radical (unpaired) electrons. The average Bonchev–Trinajstić information content (AvgIpc) is 2.70. The third-order valence-corrected chi connectivity index (χ3v) is 9.10. The number of fused-ring (bicyclic) bond motifs is 3. The van der Waals surface area contributed by atoms with Crippen molar-refractivity contribution in [3.05, 3.63) is 0 Å². The van der Waals surface area contributed by atoms with Gasteiger partial charge in [0.15, 0.2) is 0 Å². The number of nitrogens with zero attached hydrogens (tertiary/aromatic N) is 2. The lowest BCUT2D eigenvalue weighted by atomic mass is 9.46. The van der Waals surface area contributed by atoms with E-state index in [2.05, 4.69) is 30.8 Å². The summed E-state index contributed by atoms with van der Waals surface area (Å²) in [7, 11) is 4.04. The lowest BCUT2D eigenvalue weighted by Crippen LogP contribution is -2.56. The summed E-state index contributed by atoms with van der Waals surface area (Å²) in [6.07, 6.45) is 10.8. The smallest absolute Gasteiger partial charge is 0.142 e. The third kappa shape index (κ3) is 4.62. The summed E-state index contributed by atoms with van der Waals surface area (Å²) in [5, 5.41) is 14.3. The van der Waals surface area contributed by atoms with Crippen LogP contribution in [0.5, 0.6) is 0 Å². The minimum Gasteiger partial charge on any atom is -0.395 e. The highest BCUT2D eigenvalue weighted by atomic mass is 16.6. The molecule has 0 aromatic heterocycles. The zero-order valence-electron chi connectivity index (χ0n) is 19.9. The second kappa shape index (κ2) is 9.68. The van der Waals surface area contributed by atoms with E-state index in [9.17, 15) is 9.90 Å². The van der Waals surface area contributed by atoms with Gasteiger partial charge < -0.3 is 14.8 Å². The predicted octanol–water partition coefficient (Wildman–Crippen LogP) is 4.53. The van der Waals surface area contributed by atoms with E-state index in [0.29, 0.717) is 30.1 Å². The molecule has 0 saturated heterocycles. The van der Waals surface area contributed by atoms with E-state index in [1.807, 2.05) is 20.3 Å². The molecule has 7 atom stereocenters. The molecule has 3 saturated carbocycles. The number of hydrogen-bond donors (Lipinski definition) is 1. The third-order valence-electron chi connectivity index (χ3n) is 9.10. The van der Waals surface area contributed by atoms with Gasteiger partial charge in [0.05, 0.1) is 6.10 Å². The van der Waals surface area contributed by atoms with Gasteiger partial charge in [-0.15, -0.1) is 0 Å². The summed E-state index contributed by atoms with van der Waals surface area (Å²) in [4.78, 5) is 21.3. The van der Waals surface area contributed by atoms with Gasteiger partial charge in [-0.1, -0.05) is 32.3 Å². The van der Waals surface area contributed by atoms with E-state index in [0.717, 1.165) is 64.3 Å². The van der Waals surface area contributed by atoms with Crippen molar-refractivity contribution in [1.82, 2.24) is 4.90 Å². The first-order chi connectivity index (χ1) is 14.2. The Labute approximate surface area is 183 Å². The van der Waals surface area contributed by atoms with Crippen LogP contribution in [0.3, 0.4) is 0 Å². The number of oxime groups is 1. The van der Waals surface area contributed by atoms with Gasteiger partial charge in [-0.3, -0.25) is 4.79 Å². The van der Waals surface area contributed by atoms with Crippen molar-refractivity contribution < 1.29 is 14.7 Å². The van der Waals surface area contributed by atoms with Crippen molar-refractivity contribution >= 4 is 12.0 Å². The molecule has 0 aromatic carbocycles. The van der Waals surface area contributed by atoms with Gasteiger partial charge in [0.2, 0.25) is 0 Å². The van der Waals surface area contributed by atoms with Crippen molar-refractivity contribution in [3.8, 4) is 0 Å². The van der Waals surface area contributed by atoms with Crippen LogP contribution in [0.4, 0.5) is 0 Å². The lowest BCUT2D eigenvalue weighted by Gasteiger charge is -2.58. The first kappa shape index (κ1) is 23.7. The zero-order chi connectivity index (χ0) is 21.9. The normalized spacial score (nSPS) is 40.3. The first-order valence-corrected chi connectivity index (χ1v) is 12.2. The highest BCUT2D eigenvalue weighted by Gasteiger charge is 2.57. The number of likely N-dealkylation sites (N-methyl/N-ethyl adjacent to an activating group) is 1. The van der Waals surface area contributed by atoms with E-state index in [1.165, 1.54) is 0 Å². The zero-order valence-corrected chi connectivity index (χ0v) is 19.9. The molecule has 3 aliphatic rings. The van der Waals surface area contributed by atoms with Gasteiger partial charge in [-0.2, -0.15) is 0 Å². The Morgan fingerprint density at radius 2 is 2.00 bits per heavy atom. The predicted molar refractivity (Wildman–Crippen MR) is 121 cm³/mol. The van der Waals surface area contributed by atoms with Crippen LogP contribution in [0, 0.1) is 34.5 Å². The molecule has 5 nitrogen and oxygen atoms in total. The molecule has 0 bridgehead atoms. The number of carbonyl (C=O) groups excluding carboxylic acids is 1. The molecular formula is C25H44N2O3. The Bertz CT molecular complexity index is 622. The molecule has 0 heterocycles. The van der Waals surface area contributed by atoms with Gasteiger partial charge in [0, 0.05) is 24.1 Å². The van der Waals surface area contributed by atoms with Crippen LogP contribution >= 0.6 is 0 Å². The molecule has 0 amide bonds. The van der Waals surface area contributed by atoms with Crippen molar-refractivity contribution in [2.75, 3.05) is 27.2 Å². The first-order valence-electron chi connectivity index (χ1n) is 12.2. The molecule has 3 rings (SSSR count). The van der Waals surface area contributed by atoms with Crippen LogP contribution in [0.25, 0.3) is 0 Å². The molecule has 0 aliphatic heterocycles. The molecular weight excluding hydrogens is 376 g/mol. The minimum atomic E-state index is -0.247. The Hall–Kier alpha value is -0.940. The Balaban J connectivity index is 1.64. The van der Waals surface area contributed by atoms with Gasteiger partial charge in [-0.05, 0) is 88.6 Å². The number of rotatable bonds is 8. The van der Waals surface area contributed by atoms with Crippen LogP contribution in [-0.4, -0.2) is 55.4 Å². The summed E-state index contributed by atoms with van der Waals surface area (Å²) >= 11 is 0. The Morgan fingerprint density at radius 3 is 2.70 bits per heavy atom. The summed E-state index contributed by atoms with van der Waals surface area (Å²) in [6, 6.07) is 0. The number of Topliss-reactive ketones (excluding diaryl/α,β-unsaturated/α-hetero) is 1. The maximum absolute atomic E-state index is 13.8. The molecule has 3 unspecified atom stereocenters. The number of aliphatic hydroxyl groups is 1. The summed E-state index contributed by atoms with van der Waals surface area (Å²) in [5.41, 5.74) is -0.00840. The summed E-state index contributed by atoms with van der Waals surface area (Å²) in [6.45, 7) is 8.29. The van der Waals surface area contributed by atoms with Crippen LogP contribution in [0.2, 0.25) is 0 Å². The fourth-order valence-corrected chi connectivity index (χ4v) is 7.00. The van der Waals surface area contributed by atoms with Crippen LogP contribution in [0.1, 0.15) is 78.6 Å². The fourth-order valence-electron chi connectivity index (χ4n) is 7.00. The Kier molecular flexibility index (Phi) is 7.66. The van der Waals surface area contributed by atoms with Gasteiger partial charge in [0.25, 0.3) is 0 Å². The van der Waals surface area contributed by atoms with Gasteiger partial charge in [-0.25, -0.2) is 0 Å². The fraction of sp³-hybridized carbons (Fsp3) is 0.920. The molecule has 0 spiro atoms. The Morgan fingerprint density at radius 1 is 1.23 bits per heavy atom. The van der Waals surface area contributed by atoms with Crippen LogP contribution in [-0.2, 0) is 9.63 Å². The second-order valence-corrected chi connectivity index (χ2v) is 11.0. The van der Waals surface area contributed by atoms with Gasteiger partial charge >= 0.3 is 0 Å². The van der Waals surface area contributed by atoms with Crippen molar-refractivity contribution in [2.45, 2.75) is 84.7 Å². The van der Waals surface area contributed by atoms with E-state index in [1.54, 1.807) is 0 Å². The minimum absolute atomic E-state index is 0.132. The van der Waals surface area contributed by atoms with Crippen molar-refractivity contribution in [3.63, 3.8) is 0 Å². The van der Waals surface area contributed by atoms with Crippen LogP contribution < -0.4 is 0 Å². The molecule has 5 heteroatoms. The molecule has 30 heavy (non-hydrogen) atoms. The summed E-state index contributed by atoms with van der Waals surface area (Å²) in [5.74, 6) is 2.14. The van der Waals surface area contributed by atoms with Crippen LogP contribution in [0.15, 0.2) is 5.16 Å². The lowest BCUT2D eigenvalue weighted by molar-refractivity contribution is -0.157. The molecule has 172 valence electrons. The number of carbonyl (C=O) groups is 1. The topological polar surface area (TPSA) is 62.1 Å². The average molecular weight is 421 g/mol. The largest absolute Gasteiger partial charge is 0.395 e. The van der Waals surface area contributed by atoms with E-state index < -0.39 is 0 Å². The summed E-state index contributed by atoms with van der Waals surface area (Å²) < 4.78 is 0. The van der Waals surface area contributed by atoms with E-state index in [-0.39, 0.29) is 22.9 Å². The monoisotopic (exact) mass is 420 g/mol. The molecule has 3 aliphatic carbocycles. The second-order valence-electron chi connectivity index (χ2n) is 11.0. The standard InChI is InChI=1S/C25H44N2O3/c1-6-18(11-14-26-30-16-15-27(4)5)25(3)13-10-22-21(23(25)29)8-7-19-17-20(28)9-12-24(19,22)2/h14,18-22,28H,6-13,15-17H2,1-5H3/t18?,19?,20?,21-,22+,24+,25-/m1/s1. The van der Waals surface area contributed by atoms with Crippen molar-refractivity contribution in [2.24, 2.45) is 39.7 Å². The SMILES string of the molecule is CCC(CC=NOCCN(C)C)[C@@]1(C)CC[C@H]2[C@@H](CCC3CC(O)CC[C@@]32C)C1=O. The maximum atomic E-state index is 13.8. The highest BCUT2D eigenvalue weighted by molar-refractivity contribution is 5.88. The molecule has 1 N–H and O–H groups in total. The number of ketones is 1. The van der Waals surface area contributed by atoms with E-state index in [4.69, 9.17) is 4.84 Å². The quantitative estimate of drug-likeness (QED) is 0.356. The highest BCUT2D eigenvalue weighted by Crippen LogP contribution is 2.61. The maximum Gasteiger partial charge on any atom is 0.142 e. The van der Waals surface area contributed by atoms with Crippen molar-refractivity contribution in [1.29, 1.82) is 0 Å². The van der Waals surface area contributed by atoms with E-state index >= 15 is 0 Å². The molecule has 3 fully saturated rings. The molecule has 0 aromatic rings. The number of hydrogen-bond acceptors (Lipinski definition) is 5. The number of aliphatic hydroxyl groups excluding tert-OH is 1.